The van der Waals surface area contributed by atoms with E-state index in [0.29, 0.717) is 5.57 Å². The number of esters is 1. The van der Waals surface area contributed by atoms with Gasteiger partial charge in [0, 0.05) is 5.75 Å². The van der Waals surface area contributed by atoms with E-state index in [-0.39, 0.29) is 12.1 Å². The zero-order chi connectivity index (χ0) is 16.8. The van der Waals surface area contributed by atoms with E-state index in [1.165, 1.54) is 5.56 Å². The molecule has 0 saturated carbocycles. The summed E-state index contributed by atoms with van der Waals surface area (Å²) in [6.45, 7) is 0. The van der Waals surface area contributed by atoms with Crippen molar-refractivity contribution in [1.82, 2.24) is 0 Å². The van der Waals surface area contributed by atoms with Crippen molar-refractivity contribution < 1.29 is 14.3 Å². The summed E-state index contributed by atoms with van der Waals surface area (Å²) in [7, 11) is 1.63. The van der Waals surface area contributed by atoms with Crippen LogP contribution in [0.25, 0.3) is 0 Å². The Kier molecular flexibility index (Phi) is 5.39. The normalized spacial score (nSPS) is 17.0. The Morgan fingerprint density at radius 1 is 1.12 bits per heavy atom. The van der Waals surface area contributed by atoms with Crippen molar-refractivity contribution in [2.24, 2.45) is 0 Å². The van der Waals surface area contributed by atoms with Crippen LogP contribution in [-0.4, -0.2) is 13.1 Å². The number of thioether (sulfide) groups is 1. The number of hydrogen-bond acceptors (Lipinski definition) is 4. The highest BCUT2D eigenvalue weighted by atomic mass is 32.2. The molecule has 0 spiro atoms. The van der Waals surface area contributed by atoms with Crippen molar-refractivity contribution in [3.8, 4) is 5.75 Å². The van der Waals surface area contributed by atoms with Crippen LogP contribution < -0.4 is 4.74 Å². The van der Waals surface area contributed by atoms with Crippen LogP contribution in [0.2, 0.25) is 0 Å². The number of ether oxygens (including phenoxy) is 2. The molecule has 2 aromatic carbocycles. The molecule has 0 amide bonds. The molecule has 3 rings (SSSR count). The molecule has 0 aliphatic carbocycles. The average molecular weight is 338 g/mol. The highest BCUT2D eigenvalue weighted by Gasteiger charge is 2.24. The fraction of sp³-hybridized carbons (Fsp3) is 0.150. The van der Waals surface area contributed by atoms with Gasteiger partial charge >= 0.3 is 5.97 Å². The summed E-state index contributed by atoms with van der Waals surface area (Å²) in [6, 6.07) is 17.8. The summed E-state index contributed by atoms with van der Waals surface area (Å²) >= 11 is 1.65. The van der Waals surface area contributed by atoms with E-state index in [1.807, 2.05) is 60.0 Å². The molecule has 2 aromatic rings. The molecule has 0 radical (unpaired) electrons. The lowest BCUT2D eigenvalue weighted by molar-refractivity contribution is -0.139. The maximum atomic E-state index is 12.0. The second-order valence-corrected chi connectivity index (χ2v) is 6.21. The first-order valence-corrected chi connectivity index (χ1v) is 8.70. The summed E-state index contributed by atoms with van der Waals surface area (Å²) in [6.07, 6.45) is 3.34. The Balaban J connectivity index is 1.60. The van der Waals surface area contributed by atoms with Crippen LogP contribution in [0.15, 0.2) is 77.7 Å². The molecule has 1 aliphatic rings. The predicted octanol–water partition coefficient (Wildman–Crippen LogP) is 4.67. The zero-order valence-corrected chi connectivity index (χ0v) is 14.2. The maximum absolute atomic E-state index is 12.0. The monoisotopic (exact) mass is 338 g/mol. The van der Waals surface area contributed by atoms with Gasteiger partial charge in [0.1, 0.15) is 11.9 Å². The van der Waals surface area contributed by atoms with Gasteiger partial charge in [0.25, 0.3) is 0 Å². The Labute approximate surface area is 146 Å². The lowest BCUT2D eigenvalue weighted by atomic mass is 10.1. The van der Waals surface area contributed by atoms with Gasteiger partial charge in [-0.05, 0) is 40.8 Å². The third-order valence-electron chi connectivity index (χ3n) is 3.68. The lowest BCUT2D eigenvalue weighted by Gasteiger charge is -2.08. The number of carbonyl (C=O) groups is 1. The molecule has 1 aliphatic heterocycles. The highest BCUT2D eigenvalue weighted by Crippen LogP contribution is 2.30. The van der Waals surface area contributed by atoms with Crippen LogP contribution in [0.4, 0.5) is 0 Å². The third kappa shape index (κ3) is 4.09. The molecule has 0 saturated heterocycles. The first-order valence-electron chi connectivity index (χ1n) is 7.65. The van der Waals surface area contributed by atoms with Crippen LogP contribution in [0, 0.1) is 0 Å². The second kappa shape index (κ2) is 7.88. The van der Waals surface area contributed by atoms with Crippen LogP contribution in [-0.2, 0) is 15.3 Å². The number of benzene rings is 2. The third-order valence-corrected chi connectivity index (χ3v) is 4.51. The molecular formula is C20H18O3S. The Hall–Kier alpha value is -2.46. The molecule has 0 aromatic heterocycles. The molecule has 0 bridgehead atoms. The fourth-order valence-corrected chi connectivity index (χ4v) is 3.09. The van der Waals surface area contributed by atoms with Gasteiger partial charge in [-0.2, -0.15) is 0 Å². The van der Waals surface area contributed by atoms with Gasteiger partial charge in [0.15, 0.2) is 0 Å². The van der Waals surface area contributed by atoms with Crippen molar-refractivity contribution in [2.75, 3.05) is 7.11 Å². The molecule has 1 unspecified atom stereocenters. The van der Waals surface area contributed by atoms with Crippen LogP contribution in [0.5, 0.6) is 5.75 Å². The van der Waals surface area contributed by atoms with E-state index in [0.717, 1.165) is 17.1 Å². The average Bonchev–Trinajstić information content (AvgIpc) is 3.00. The summed E-state index contributed by atoms with van der Waals surface area (Å²) in [4.78, 5) is 12.0. The van der Waals surface area contributed by atoms with Gasteiger partial charge in [-0.15, -0.1) is 11.8 Å². The number of rotatable bonds is 6. The van der Waals surface area contributed by atoms with E-state index >= 15 is 0 Å². The molecule has 0 N–H and O–H groups in total. The van der Waals surface area contributed by atoms with E-state index in [9.17, 15) is 4.79 Å². The van der Waals surface area contributed by atoms with E-state index in [2.05, 4.69) is 12.1 Å². The fourth-order valence-electron chi connectivity index (χ4n) is 2.37. The van der Waals surface area contributed by atoms with Crippen molar-refractivity contribution in [3.05, 3.63) is 88.9 Å². The first kappa shape index (κ1) is 16.4. The van der Waals surface area contributed by atoms with Crippen LogP contribution in [0.1, 0.15) is 17.2 Å². The number of hydrogen-bond donors (Lipinski definition) is 0. The summed E-state index contributed by atoms with van der Waals surface area (Å²) in [5.41, 5.74) is 2.78. The Morgan fingerprint density at radius 3 is 2.58 bits per heavy atom. The van der Waals surface area contributed by atoms with E-state index in [4.69, 9.17) is 9.47 Å². The molecule has 1 atom stereocenters. The summed E-state index contributed by atoms with van der Waals surface area (Å²) < 4.78 is 10.6. The Bertz CT molecular complexity index is 748. The van der Waals surface area contributed by atoms with Gasteiger partial charge in [-0.25, -0.2) is 4.79 Å². The molecule has 3 nitrogen and oxygen atoms in total. The number of methoxy groups -OCH3 is 1. The quantitative estimate of drug-likeness (QED) is 0.717. The van der Waals surface area contributed by atoms with Crippen LogP contribution in [0.3, 0.4) is 0 Å². The molecule has 24 heavy (non-hydrogen) atoms. The van der Waals surface area contributed by atoms with Crippen molar-refractivity contribution >= 4 is 17.7 Å². The van der Waals surface area contributed by atoms with Gasteiger partial charge in [-0.1, -0.05) is 42.5 Å². The second-order valence-electron chi connectivity index (χ2n) is 5.32. The van der Waals surface area contributed by atoms with Crippen molar-refractivity contribution in [3.63, 3.8) is 0 Å². The largest absolute Gasteiger partial charge is 0.497 e. The molecule has 122 valence electrons. The van der Waals surface area contributed by atoms with Gasteiger partial charge < -0.3 is 9.47 Å². The van der Waals surface area contributed by atoms with Gasteiger partial charge in [0.2, 0.25) is 0 Å². The van der Waals surface area contributed by atoms with E-state index < -0.39 is 0 Å². The van der Waals surface area contributed by atoms with E-state index in [1.54, 1.807) is 18.9 Å². The van der Waals surface area contributed by atoms with Gasteiger partial charge in [-0.3, -0.25) is 0 Å². The first-order chi connectivity index (χ1) is 11.8. The SMILES string of the molecule is COc1ccc(C2C=C(/C=C\SCc3ccccc3)C(=O)O2)cc1. The predicted molar refractivity (Wildman–Crippen MR) is 96.8 cm³/mol. The lowest BCUT2D eigenvalue weighted by Crippen LogP contribution is -2.01. The smallest absolute Gasteiger partial charge is 0.338 e. The minimum atomic E-state index is -0.331. The molecule has 0 fully saturated rings. The maximum Gasteiger partial charge on any atom is 0.338 e. The molecular weight excluding hydrogens is 320 g/mol. The minimum Gasteiger partial charge on any atom is -0.497 e. The highest BCUT2D eigenvalue weighted by molar-refractivity contribution is 8.01. The minimum absolute atomic E-state index is 0.285. The molecule has 4 heteroatoms. The van der Waals surface area contributed by atoms with Crippen molar-refractivity contribution in [1.29, 1.82) is 0 Å². The topological polar surface area (TPSA) is 35.5 Å². The molecule has 1 heterocycles. The Morgan fingerprint density at radius 2 is 1.88 bits per heavy atom. The number of carbonyl (C=O) groups excluding carboxylic acids is 1. The van der Waals surface area contributed by atoms with Crippen LogP contribution >= 0.6 is 11.8 Å². The summed E-state index contributed by atoms with van der Waals surface area (Å²) in [5, 5.41) is 1.94. The van der Waals surface area contributed by atoms with Crippen molar-refractivity contribution in [2.45, 2.75) is 11.9 Å². The summed E-state index contributed by atoms with van der Waals surface area (Å²) in [5.74, 6) is 1.37. The zero-order valence-electron chi connectivity index (χ0n) is 13.3. The standard InChI is InChI=1S/C20H18O3S/c1-22-18-9-7-16(8-10-18)19-13-17(20(21)23-19)11-12-24-14-15-5-3-2-4-6-15/h2-13,19H,14H2,1H3/b12-11-. The number of cyclic esters (lactones) is 1. The van der Waals surface area contributed by atoms with Gasteiger partial charge in [0.05, 0.1) is 12.7 Å².